The van der Waals surface area contributed by atoms with Crippen LogP contribution in [0.3, 0.4) is 0 Å². The van der Waals surface area contributed by atoms with Crippen LogP contribution in [0.15, 0.2) is 105 Å². The number of benzene rings is 3. The normalized spacial score (nSPS) is 18.9. The molecule has 0 saturated carbocycles. The van der Waals surface area contributed by atoms with Gasteiger partial charge in [-0.2, -0.15) is 0 Å². The van der Waals surface area contributed by atoms with E-state index >= 15 is 0 Å². The number of halogens is 1. The lowest BCUT2D eigenvalue weighted by Gasteiger charge is -2.15. The smallest absolute Gasteiger partial charge is 0.0820 e. The van der Waals surface area contributed by atoms with Crippen LogP contribution >= 0.6 is 15.9 Å². The van der Waals surface area contributed by atoms with E-state index in [1.165, 1.54) is 27.5 Å². The van der Waals surface area contributed by atoms with Gasteiger partial charge in [-0.1, -0.05) is 66.7 Å². The van der Waals surface area contributed by atoms with E-state index in [-0.39, 0.29) is 5.92 Å². The second kappa shape index (κ2) is 6.50. The second-order valence-corrected chi connectivity index (χ2v) is 8.38. The van der Waals surface area contributed by atoms with Crippen LogP contribution in [-0.2, 0) is 0 Å². The molecule has 2 heterocycles. The fourth-order valence-corrected chi connectivity index (χ4v) is 5.01. The zero-order chi connectivity index (χ0) is 19.4. The van der Waals surface area contributed by atoms with Crippen molar-refractivity contribution in [1.29, 1.82) is 0 Å². The van der Waals surface area contributed by atoms with E-state index in [9.17, 15) is 0 Å². The maximum Gasteiger partial charge on any atom is 0.0820 e. The highest BCUT2D eigenvalue weighted by atomic mass is 79.9. The fourth-order valence-electron chi connectivity index (χ4n) is 4.50. The van der Waals surface area contributed by atoms with E-state index < -0.39 is 0 Å². The van der Waals surface area contributed by atoms with Gasteiger partial charge in [0.15, 0.2) is 0 Å². The number of fused-ring (bicyclic) bond motifs is 3. The molecule has 0 N–H and O–H groups in total. The van der Waals surface area contributed by atoms with Crippen LogP contribution in [0.5, 0.6) is 0 Å². The predicted octanol–water partition coefficient (Wildman–Crippen LogP) is 5.30. The van der Waals surface area contributed by atoms with Crippen LogP contribution in [0.4, 0.5) is 5.69 Å². The summed E-state index contributed by atoms with van der Waals surface area (Å²) in [6.07, 6.45) is 5.20. The second-order valence-electron chi connectivity index (χ2n) is 7.53. The molecule has 2 aliphatic heterocycles. The summed E-state index contributed by atoms with van der Waals surface area (Å²) in [6, 6.07) is 25.7. The van der Waals surface area contributed by atoms with Gasteiger partial charge in [0.25, 0.3) is 0 Å². The van der Waals surface area contributed by atoms with E-state index in [1.807, 2.05) is 0 Å². The topological polar surface area (TPSA) is 24.7 Å². The Morgan fingerprint density at radius 3 is 2.41 bits per heavy atom. The molecule has 0 fully saturated rings. The highest BCUT2D eigenvalue weighted by Crippen LogP contribution is 2.41. The minimum atomic E-state index is 0.122. The van der Waals surface area contributed by atoms with Gasteiger partial charge in [0, 0.05) is 9.70 Å². The SMILES string of the molecule is BrC1=C2N=c3cc4c(cc3=C2CC=C1)N=C(c1ccccc1)C4c1ccccc1. The Kier molecular flexibility index (Phi) is 3.78. The van der Waals surface area contributed by atoms with E-state index in [4.69, 9.17) is 9.98 Å². The molecular formula is C26H17BrN2. The van der Waals surface area contributed by atoms with Crippen LogP contribution in [0, 0.1) is 0 Å². The molecule has 29 heavy (non-hydrogen) atoms. The van der Waals surface area contributed by atoms with Gasteiger partial charge in [-0.25, -0.2) is 4.99 Å². The summed E-state index contributed by atoms with van der Waals surface area (Å²) in [6.45, 7) is 0. The largest absolute Gasteiger partial charge is 0.251 e. The first-order valence-corrected chi connectivity index (χ1v) is 10.6. The van der Waals surface area contributed by atoms with E-state index in [2.05, 4.69) is 101 Å². The Morgan fingerprint density at radius 1 is 0.862 bits per heavy atom. The Hall–Kier alpha value is -3.04. The van der Waals surface area contributed by atoms with Gasteiger partial charge in [-0.15, -0.1) is 0 Å². The minimum Gasteiger partial charge on any atom is -0.251 e. The summed E-state index contributed by atoms with van der Waals surface area (Å²) in [7, 11) is 0. The Labute approximate surface area is 177 Å². The number of rotatable bonds is 2. The molecule has 2 nitrogen and oxygen atoms in total. The van der Waals surface area contributed by atoms with Crippen LogP contribution in [-0.4, -0.2) is 5.71 Å². The molecule has 3 aromatic rings. The Balaban J connectivity index is 1.62. The zero-order valence-corrected chi connectivity index (χ0v) is 17.2. The molecule has 138 valence electrons. The number of hydrogen-bond donors (Lipinski definition) is 0. The van der Waals surface area contributed by atoms with Crippen molar-refractivity contribution in [3.63, 3.8) is 0 Å². The third-order valence-corrected chi connectivity index (χ3v) is 6.47. The van der Waals surface area contributed by atoms with Gasteiger partial charge in [-0.3, -0.25) is 4.99 Å². The van der Waals surface area contributed by atoms with Crippen molar-refractivity contribution in [3.8, 4) is 0 Å². The highest BCUT2D eigenvalue weighted by Gasteiger charge is 2.31. The third-order valence-electron chi connectivity index (χ3n) is 5.83. The molecule has 0 aromatic heterocycles. The standard InChI is InChI=1S/C26H17BrN2/c27-21-13-7-12-18-19-14-23-20(15-22(19)29-26(18)21)24(16-8-3-1-4-9-16)25(28-23)17-10-5-2-6-11-17/h1-11,13-15,24H,12H2. The molecule has 0 spiro atoms. The number of nitrogens with zero attached hydrogens (tertiary/aromatic N) is 2. The molecule has 0 radical (unpaired) electrons. The maximum absolute atomic E-state index is 5.13. The average Bonchev–Trinajstić information content (AvgIpc) is 3.32. The van der Waals surface area contributed by atoms with Crippen LogP contribution in [0.1, 0.15) is 29.0 Å². The van der Waals surface area contributed by atoms with Crippen molar-refractivity contribution >= 4 is 32.9 Å². The summed E-state index contributed by atoms with van der Waals surface area (Å²) in [5, 5.41) is 2.27. The zero-order valence-electron chi connectivity index (χ0n) is 15.6. The quantitative estimate of drug-likeness (QED) is 0.520. The maximum atomic E-state index is 5.13. The van der Waals surface area contributed by atoms with Gasteiger partial charge in [-0.05, 0) is 62.8 Å². The summed E-state index contributed by atoms with van der Waals surface area (Å²) in [5.74, 6) is 0.122. The third kappa shape index (κ3) is 2.61. The van der Waals surface area contributed by atoms with Crippen molar-refractivity contribution in [3.05, 3.63) is 122 Å². The van der Waals surface area contributed by atoms with Gasteiger partial charge >= 0.3 is 0 Å². The lowest BCUT2D eigenvalue weighted by atomic mass is 9.85. The molecular weight excluding hydrogens is 420 g/mol. The monoisotopic (exact) mass is 436 g/mol. The first-order valence-electron chi connectivity index (χ1n) is 9.81. The van der Waals surface area contributed by atoms with Crippen LogP contribution in [0.2, 0.25) is 0 Å². The van der Waals surface area contributed by atoms with Crippen molar-refractivity contribution in [2.75, 3.05) is 0 Å². The summed E-state index contributed by atoms with van der Waals surface area (Å²) >= 11 is 3.66. The minimum absolute atomic E-state index is 0.122. The molecule has 0 saturated heterocycles. The van der Waals surface area contributed by atoms with Gasteiger partial charge in [0.05, 0.1) is 28.4 Å². The first-order chi connectivity index (χ1) is 14.3. The van der Waals surface area contributed by atoms with Gasteiger partial charge < -0.3 is 0 Å². The summed E-state index contributed by atoms with van der Waals surface area (Å²) in [4.78, 5) is 10.1. The van der Waals surface area contributed by atoms with E-state index in [1.54, 1.807) is 0 Å². The Bertz CT molecular complexity index is 1360. The average molecular weight is 437 g/mol. The molecule has 3 aliphatic rings. The van der Waals surface area contributed by atoms with Crippen LogP contribution in [0.25, 0.3) is 5.57 Å². The first kappa shape index (κ1) is 16.9. The van der Waals surface area contributed by atoms with Crippen molar-refractivity contribution in [1.82, 2.24) is 0 Å². The molecule has 0 bridgehead atoms. The highest BCUT2D eigenvalue weighted by molar-refractivity contribution is 9.11. The lowest BCUT2D eigenvalue weighted by molar-refractivity contribution is 1.10. The number of aliphatic imine (C=N–C) groups is 1. The lowest BCUT2D eigenvalue weighted by Crippen LogP contribution is -2.24. The van der Waals surface area contributed by atoms with Gasteiger partial charge in [0.1, 0.15) is 0 Å². The van der Waals surface area contributed by atoms with Crippen molar-refractivity contribution in [2.24, 2.45) is 9.98 Å². The molecule has 1 atom stereocenters. The number of hydrogen-bond acceptors (Lipinski definition) is 2. The van der Waals surface area contributed by atoms with Gasteiger partial charge in [0.2, 0.25) is 0 Å². The predicted molar refractivity (Wildman–Crippen MR) is 121 cm³/mol. The van der Waals surface area contributed by atoms with Crippen LogP contribution < -0.4 is 10.6 Å². The molecule has 0 amide bonds. The van der Waals surface area contributed by atoms with E-state index in [0.717, 1.165) is 33.4 Å². The summed E-state index contributed by atoms with van der Waals surface area (Å²) < 4.78 is 1.06. The Morgan fingerprint density at radius 2 is 1.62 bits per heavy atom. The number of allylic oxidation sites excluding steroid dienone is 4. The van der Waals surface area contributed by atoms with Crippen molar-refractivity contribution in [2.45, 2.75) is 12.3 Å². The molecule has 1 unspecified atom stereocenters. The van der Waals surface area contributed by atoms with E-state index in [0.29, 0.717) is 0 Å². The fraction of sp³-hybridized carbons (Fsp3) is 0.0769. The molecule has 6 rings (SSSR count). The summed E-state index contributed by atoms with van der Waals surface area (Å²) in [5.41, 5.74) is 8.20. The van der Waals surface area contributed by atoms with Crippen molar-refractivity contribution < 1.29 is 0 Å². The molecule has 3 heteroatoms. The molecule has 3 aromatic carbocycles. The molecule has 1 aliphatic carbocycles.